The van der Waals surface area contributed by atoms with Crippen LogP contribution in [0.15, 0.2) is 0 Å². The molecule has 0 aliphatic rings. The molecule has 13 heavy (non-hydrogen) atoms. The summed E-state index contributed by atoms with van der Waals surface area (Å²) in [6.07, 6.45) is 1.51. The van der Waals surface area contributed by atoms with Crippen molar-refractivity contribution in [3.05, 3.63) is 15.6 Å². The summed E-state index contributed by atoms with van der Waals surface area (Å²) < 4.78 is 0. The first-order valence-corrected chi connectivity index (χ1v) is 4.83. The number of carbonyl (C=O) groups is 1. The molecule has 2 N–H and O–H groups in total. The Morgan fingerprint density at radius 3 is 2.77 bits per heavy atom. The largest absolute Gasteiger partial charge is 0.477 e. The molecule has 0 saturated carbocycles. The van der Waals surface area contributed by atoms with Crippen molar-refractivity contribution >= 4 is 17.3 Å². The number of thiazole rings is 1. The van der Waals surface area contributed by atoms with E-state index in [0.29, 0.717) is 17.1 Å². The minimum Gasteiger partial charge on any atom is -0.477 e. The first-order valence-electron chi connectivity index (χ1n) is 4.01. The van der Waals surface area contributed by atoms with E-state index in [9.17, 15) is 4.79 Å². The average Bonchev–Trinajstić information content (AvgIpc) is 2.48. The number of aromatic nitrogens is 1. The van der Waals surface area contributed by atoms with Crippen LogP contribution in [0.25, 0.3) is 0 Å². The van der Waals surface area contributed by atoms with E-state index >= 15 is 0 Å². The Morgan fingerprint density at radius 2 is 2.31 bits per heavy atom. The lowest BCUT2D eigenvalue weighted by Gasteiger charge is -1.92. The lowest BCUT2D eigenvalue weighted by molar-refractivity contribution is 0.0700. The molecule has 5 heteroatoms. The van der Waals surface area contributed by atoms with Gasteiger partial charge >= 0.3 is 5.97 Å². The van der Waals surface area contributed by atoms with Gasteiger partial charge in [0.15, 0.2) is 0 Å². The topological polar surface area (TPSA) is 70.4 Å². The SMILES string of the molecule is CCCc1nc(CO)sc1C(=O)O. The van der Waals surface area contributed by atoms with Crippen molar-refractivity contribution in [3.8, 4) is 0 Å². The highest BCUT2D eigenvalue weighted by Crippen LogP contribution is 2.19. The number of rotatable bonds is 4. The van der Waals surface area contributed by atoms with Gasteiger partial charge in [-0.05, 0) is 6.42 Å². The first kappa shape index (κ1) is 10.1. The number of carboxylic acids is 1. The zero-order valence-corrected chi connectivity index (χ0v) is 8.10. The second-order valence-corrected chi connectivity index (χ2v) is 3.68. The first-order chi connectivity index (χ1) is 6.19. The predicted octanol–water partition coefficient (Wildman–Crippen LogP) is 1.29. The highest BCUT2D eigenvalue weighted by atomic mass is 32.1. The molecule has 0 radical (unpaired) electrons. The van der Waals surface area contributed by atoms with Gasteiger partial charge in [0.1, 0.15) is 9.88 Å². The Kier molecular flexibility index (Phi) is 3.39. The Morgan fingerprint density at radius 1 is 1.62 bits per heavy atom. The molecule has 1 rings (SSSR count). The fourth-order valence-electron chi connectivity index (χ4n) is 1.04. The van der Waals surface area contributed by atoms with Gasteiger partial charge in [-0.15, -0.1) is 11.3 Å². The minimum absolute atomic E-state index is 0.186. The van der Waals surface area contributed by atoms with E-state index in [2.05, 4.69) is 4.98 Å². The fraction of sp³-hybridized carbons (Fsp3) is 0.500. The van der Waals surface area contributed by atoms with Crippen LogP contribution in [0.4, 0.5) is 0 Å². The number of aliphatic hydroxyl groups excluding tert-OH is 1. The van der Waals surface area contributed by atoms with Gasteiger partial charge in [0.05, 0.1) is 12.3 Å². The summed E-state index contributed by atoms with van der Waals surface area (Å²) in [7, 11) is 0. The maximum atomic E-state index is 10.7. The highest BCUT2D eigenvalue weighted by Gasteiger charge is 2.15. The number of aromatic carboxylic acids is 1. The summed E-state index contributed by atoms with van der Waals surface area (Å²) in [6, 6.07) is 0. The average molecular weight is 201 g/mol. The Labute approximate surface area is 79.9 Å². The molecule has 0 aromatic carbocycles. The lowest BCUT2D eigenvalue weighted by atomic mass is 10.2. The molecule has 0 aliphatic carbocycles. The Bertz CT molecular complexity index is 308. The van der Waals surface area contributed by atoms with Gasteiger partial charge in [-0.1, -0.05) is 13.3 Å². The lowest BCUT2D eigenvalue weighted by Crippen LogP contribution is -1.98. The number of hydrogen-bond donors (Lipinski definition) is 2. The second kappa shape index (κ2) is 4.34. The third-order valence-corrected chi connectivity index (χ3v) is 2.63. The van der Waals surface area contributed by atoms with Gasteiger partial charge in [-0.2, -0.15) is 0 Å². The number of aryl methyl sites for hydroxylation is 1. The predicted molar refractivity (Wildman–Crippen MR) is 49.0 cm³/mol. The smallest absolute Gasteiger partial charge is 0.347 e. The van der Waals surface area contributed by atoms with Gasteiger partial charge in [0.2, 0.25) is 0 Å². The van der Waals surface area contributed by atoms with Crippen LogP contribution in [0.3, 0.4) is 0 Å². The molecule has 0 bridgehead atoms. The van der Waals surface area contributed by atoms with Crippen molar-refractivity contribution in [1.29, 1.82) is 0 Å². The van der Waals surface area contributed by atoms with E-state index in [1.165, 1.54) is 0 Å². The number of carboxylic acid groups (broad SMARTS) is 1. The zero-order chi connectivity index (χ0) is 9.84. The maximum absolute atomic E-state index is 10.7. The van der Waals surface area contributed by atoms with E-state index in [0.717, 1.165) is 17.8 Å². The third kappa shape index (κ3) is 2.26. The van der Waals surface area contributed by atoms with Gasteiger partial charge in [0, 0.05) is 0 Å². The van der Waals surface area contributed by atoms with Crippen molar-refractivity contribution in [2.75, 3.05) is 0 Å². The summed E-state index contributed by atoms with van der Waals surface area (Å²) in [6.45, 7) is 1.78. The molecular weight excluding hydrogens is 190 g/mol. The van der Waals surface area contributed by atoms with Gasteiger partial charge in [-0.3, -0.25) is 0 Å². The highest BCUT2D eigenvalue weighted by molar-refractivity contribution is 7.13. The summed E-state index contributed by atoms with van der Waals surface area (Å²) in [5.74, 6) is -0.958. The van der Waals surface area contributed by atoms with Gasteiger partial charge in [0.25, 0.3) is 0 Å². The quantitative estimate of drug-likeness (QED) is 0.770. The van der Waals surface area contributed by atoms with Gasteiger partial charge < -0.3 is 10.2 Å². The molecule has 0 fully saturated rings. The molecule has 1 aromatic rings. The molecule has 0 atom stereocenters. The molecular formula is C8H11NO3S. The Balaban J connectivity index is 3.00. The molecule has 0 unspecified atom stereocenters. The van der Waals surface area contributed by atoms with E-state index in [1.807, 2.05) is 6.92 Å². The van der Waals surface area contributed by atoms with Crippen molar-refractivity contribution < 1.29 is 15.0 Å². The normalized spacial score (nSPS) is 10.3. The third-order valence-electron chi connectivity index (χ3n) is 1.56. The maximum Gasteiger partial charge on any atom is 0.347 e. The van der Waals surface area contributed by atoms with E-state index in [-0.39, 0.29) is 11.5 Å². The van der Waals surface area contributed by atoms with Crippen LogP contribution < -0.4 is 0 Å². The van der Waals surface area contributed by atoms with Crippen LogP contribution >= 0.6 is 11.3 Å². The molecule has 72 valence electrons. The molecule has 0 aliphatic heterocycles. The van der Waals surface area contributed by atoms with Crippen molar-refractivity contribution in [3.63, 3.8) is 0 Å². The molecule has 1 heterocycles. The molecule has 0 amide bonds. The second-order valence-electron chi connectivity index (χ2n) is 2.60. The standard InChI is InChI=1S/C8H11NO3S/c1-2-3-5-7(8(11)12)13-6(4-10)9-5/h10H,2-4H2,1H3,(H,11,12). The summed E-state index contributed by atoms with van der Waals surface area (Å²) >= 11 is 1.05. The van der Waals surface area contributed by atoms with Crippen LogP contribution in [-0.2, 0) is 13.0 Å². The van der Waals surface area contributed by atoms with Gasteiger partial charge in [-0.25, -0.2) is 9.78 Å². The summed E-state index contributed by atoms with van der Waals surface area (Å²) in [5.41, 5.74) is 0.587. The minimum atomic E-state index is -0.958. The van der Waals surface area contributed by atoms with E-state index < -0.39 is 5.97 Å². The van der Waals surface area contributed by atoms with Crippen LogP contribution in [-0.4, -0.2) is 21.2 Å². The van der Waals surface area contributed by atoms with Crippen molar-refractivity contribution in [1.82, 2.24) is 4.98 Å². The molecule has 4 nitrogen and oxygen atoms in total. The van der Waals surface area contributed by atoms with E-state index in [1.54, 1.807) is 0 Å². The number of nitrogens with zero attached hydrogens (tertiary/aromatic N) is 1. The number of hydrogen-bond acceptors (Lipinski definition) is 4. The van der Waals surface area contributed by atoms with Crippen LogP contribution in [0.1, 0.15) is 33.7 Å². The zero-order valence-electron chi connectivity index (χ0n) is 7.28. The van der Waals surface area contributed by atoms with Crippen LogP contribution in [0, 0.1) is 0 Å². The van der Waals surface area contributed by atoms with Crippen molar-refractivity contribution in [2.24, 2.45) is 0 Å². The fourth-order valence-corrected chi connectivity index (χ4v) is 1.85. The Hall–Kier alpha value is -0.940. The van der Waals surface area contributed by atoms with Crippen molar-refractivity contribution in [2.45, 2.75) is 26.4 Å². The van der Waals surface area contributed by atoms with Crippen LogP contribution in [0.2, 0.25) is 0 Å². The van der Waals surface area contributed by atoms with E-state index in [4.69, 9.17) is 10.2 Å². The molecule has 0 saturated heterocycles. The molecule has 1 aromatic heterocycles. The summed E-state index contributed by atoms with van der Waals surface area (Å²) in [5, 5.41) is 18.0. The monoisotopic (exact) mass is 201 g/mol. The number of aliphatic hydroxyl groups is 1. The summed E-state index contributed by atoms with van der Waals surface area (Å²) in [4.78, 5) is 15.0. The molecule has 0 spiro atoms. The van der Waals surface area contributed by atoms with Crippen LogP contribution in [0.5, 0.6) is 0 Å².